The molecule has 4 rings (SSSR count). The minimum absolute atomic E-state index is 0.185. The lowest BCUT2D eigenvalue weighted by Gasteiger charge is -2.12. The van der Waals surface area contributed by atoms with Crippen LogP contribution in [0.15, 0.2) is 84.9 Å². The van der Waals surface area contributed by atoms with Crippen LogP contribution in [0, 0.1) is 27.7 Å². The van der Waals surface area contributed by atoms with Crippen LogP contribution in [0.25, 0.3) is 0 Å². The maximum Gasteiger partial charge on any atom is 0.0366 e. The second kappa shape index (κ2) is 10.0. The van der Waals surface area contributed by atoms with Crippen molar-refractivity contribution >= 4 is 0 Å². The zero-order valence-corrected chi connectivity index (χ0v) is 19.3. The van der Waals surface area contributed by atoms with Crippen molar-refractivity contribution in [2.24, 2.45) is 0 Å². The van der Waals surface area contributed by atoms with Crippen LogP contribution < -0.4 is 0 Å². The normalized spacial score (nSPS) is 15.1. The molecule has 0 heterocycles. The number of aryl methyl sites for hydroxylation is 6. The molecule has 0 saturated heterocycles. The van der Waals surface area contributed by atoms with Gasteiger partial charge in [-0.2, -0.15) is 0 Å². The Morgan fingerprint density at radius 2 is 0.875 bits per heavy atom. The van der Waals surface area contributed by atoms with Crippen molar-refractivity contribution in [1.82, 2.24) is 0 Å². The topological polar surface area (TPSA) is 0 Å². The maximum atomic E-state index is 9.12. The standard InChI is InChI=1S/C32H34/c1-23-12-24(2)15-29(14-23)20-31-17-26(4)18-32(22-31)21-30-16-25(3)13-28(19-30)11-10-27-8-6-5-7-9-27/h5-9,12-19,22H,10-11,20-21H2,1-4H3/i11D2,20D2,21D2. The Morgan fingerprint density at radius 3 is 1.41 bits per heavy atom. The fraction of sp³-hybridized carbons (Fsp3) is 0.250. The molecular formula is C32H34. The summed E-state index contributed by atoms with van der Waals surface area (Å²) in [6.07, 6.45) is -5.26. The van der Waals surface area contributed by atoms with Gasteiger partial charge in [0.1, 0.15) is 0 Å². The van der Waals surface area contributed by atoms with Crippen molar-refractivity contribution in [3.8, 4) is 0 Å². The highest BCUT2D eigenvalue weighted by Gasteiger charge is 2.06. The van der Waals surface area contributed by atoms with E-state index in [4.69, 9.17) is 8.22 Å². The molecule has 0 fully saturated rings. The first kappa shape index (κ1) is 15.6. The van der Waals surface area contributed by atoms with Crippen LogP contribution in [0.2, 0.25) is 0 Å². The molecule has 0 aliphatic heterocycles. The summed E-state index contributed by atoms with van der Waals surface area (Å²) in [5.74, 6) is 0. The van der Waals surface area contributed by atoms with Gasteiger partial charge in [-0.25, -0.2) is 0 Å². The molecule has 0 saturated carbocycles. The lowest BCUT2D eigenvalue weighted by atomic mass is 9.94. The fourth-order valence-electron chi connectivity index (χ4n) is 4.06. The fourth-order valence-corrected chi connectivity index (χ4v) is 4.06. The van der Waals surface area contributed by atoms with Crippen LogP contribution in [-0.4, -0.2) is 0 Å². The molecule has 4 aromatic carbocycles. The molecular weight excluding hydrogens is 384 g/mol. The Labute approximate surface area is 202 Å². The van der Waals surface area contributed by atoms with Gasteiger partial charge in [-0.3, -0.25) is 0 Å². The molecule has 0 heteroatoms. The van der Waals surface area contributed by atoms with Gasteiger partial charge in [-0.1, -0.05) is 107 Å². The third-order valence-corrected chi connectivity index (χ3v) is 5.29. The van der Waals surface area contributed by atoms with Crippen LogP contribution in [0.4, 0.5) is 0 Å². The molecule has 0 bridgehead atoms. The van der Waals surface area contributed by atoms with E-state index in [0.717, 1.165) is 27.8 Å². The summed E-state index contributed by atoms with van der Waals surface area (Å²) in [7, 11) is 0. The first-order valence-corrected chi connectivity index (χ1v) is 11.1. The Hall–Kier alpha value is -3.12. The van der Waals surface area contributed by atoms with Gasteiger partial charge < -0.3 is 0 Å². The van der Waals surface area contributed by atoms with Gasteiger partial charge in [-0.15, -0.1) is 0 Å². The van der Waals surface area contributed by atoms with Crippen molar-refractivity contribution in [3.63, 3.8) is 0 Å². The molecule has 0 N–H and O–H groups in total. The monoisotopic (exact) mass is 424 g/mol. The number of rotatable bonds is 7. The zero-order chi connectivity index (χ0) is 27.9. The summed E-state index contributed by atoms with van der Waals surface area (Å²) >= 11 is 0. The molecule has 0 amide bonds. The molecule has 4 aromatic rings. The number of hydrogen-bond donors (Lipinski definition) is 0. The Morgan fingerprint density at radius 1 is 0.469 bits per heavy atom. The highest BCUT2D eigenvalue weighted by molar-refractivity contribution is 5.39. The predicted molar refractivity (Wildman–Crippen MR) is 138 cm³/mol. The van der Waals surface area contributed by atoms with Gasteiger partial charge in [0.15, 0.2) is 0 Å². The summed E-state index contributed by atoms with van der Waals surface area (Å²) in [5.41, 5.74) is 6.44. The third kappa shape index (κ3) is 6.20. The largest absolute Gasteiger partial charge is 0.0622 e. The molecule has 0 aliphatic rings. The summed E-state index contributed by atoms with van der Waals surface area (Å²) in [6, 6.07) is 25.4. The molecule has 0 aliphatic carbocycles. The molecule has 0 spiro atoms. The summed E-state index contributed by atoms with van der Waals surface area (Å²) in [5, 5.41) is 0. The van der Waals surface area contributed by atoms with E-state index >= 15 is 0 Å². The molecule has 0 atom stereocenters. The maximum absolute atomic E-state index is 9.12. The van der Waals surface area contributed by atoms with E-state index in [1.54, 1.807) is 36.4 Å². The van der Waals surface area contributed by atoms with E-state index in [9.17, 15) is 0 Å². The van der Waals surface area contributed by atoms with E-state index in [0.29, 0.717) is 27.8 Å². The van der Waals surface area contributed by atoms with Crippen LogP contribution >= 0.6 is 0 Å². The number of hydrogen-bond acceptors (Lipinski definition) is 0. The second-order valence-electron chi connectivity index (χ2n) is 8.64. The van der Waals surface area contributed by atoms with Crippen molar-refractivity contribution < 1.29 is 8.22 Å². The minimum atomic E-state index is -1.96. The highest BCUT2D eigenvalue weighted by Crippen LogP contribution is 2.21. The molecule has 162 valence electrons. The van der Waals surface area contributed by atoms with Crippen molar-refractivity contribution in [2.45, 2.75) is 53.2 Å². The highest BCUT2D eigenvalue weighted by atomic mass is 14.1. The van der Waals surface area contributed by atoms with Crippen molar-refractivity contribution in [2.75, 3.05) is 0 Å². The van der Waals surface area contributed by atoms with Gasteiger partial charge in [0, 0.05) is 8.22 Å². The summed E-state index contributed by atoms with van der Waals surface area (Å²) in [4.78, 5) is 0. The lowest BCUT2D eigenvalue weighted by molar-refractivity contribution is 0.952. The van der Waals surface area contributed by atoms with Gasteiger partial charge in [0.2, 0.25) is 0 Å². The van der Waals surface area contributed by atoms with Crippen molar-refractivity contribution in [1.29, 1.82) is 0 Å². The number of benzene rings is 4. The van der Waals surface area contributed by atoms with E-state index in [-0.39, 0.29) is 6.42 Å². The molecule has 0 nitrogen and oxygen atoms in total. The Bertz CT molecular complexity index is 1430. The Kier molecular flexibility index (Phi) is 4.89. The lowest BCUT2D eigenvalue weighted by Crippen LogP contribution is -1.98. The van der Waals surface area contributed by atoms with Gasteiger partial charge in [-0.05, 0) is 86.6 Å². The van der Waals surface area contributed by atoms with E-state index in [2.05, 4.69) is 0 Å². The average molecular weight is 425 g/mol. The van der Waals surface area contributed by atoms with E-state index < -0.39 is 19.1 Å². The predicted octanol–water partition coefficient (Wildman–Crippen LogP) is 7.89. The van der Waals surface area contributed by atoms with Crippen LogP contribution in [0.5, 0.6) is 0 Å². The van der Waals surface area contributed by atoms with Gasteiger partial charge in [0.05, 0.1) is 0 Å². The van der Waals surface area contributed by atoms with E-state index in [1.165, 1.54) is 0 Å². The summed E-state index contributed by atoms with van der Waals surface area (Å²) in [6.45, 7) is 7.58. The smallest absolute Gasteiger partial charge is 0.0366 e. The minimum Gasteiger partial charge on any atom is -0.0622 e. The average Bonchev–Trinajstić information content (AvgIpc) is 2.83. The van der Waals surface area contributed by atoms with Crippen LogP contribution in [-0.2, 0) is 25.5 Å². The first-order chi connectivity index (χ1) is 17.7. The molecule has 0 aromatic heterocycles. The van der Waals surface area contributed by atoms with E-state index in [1.807, 2.05) is 76.2 Å². The molecule has 0 unspecified atom stereocenters. The Balaban J connectivity index is 1.77. The first-order valence-electron chi connectivity index (χ1n) is 14.1. The SMILES string of the molecule is [2H]C([2H])(Cc1ccccc1)c1cc(C)cc(C([2H])([2H])c2cc(C)cc(C([2H])([2H])c3cc(C)cc(C)c3)c2)c1. The zero-order valence-electron chi connectivity index (χ0n) is 25.3. The van der Waals surface area contributed by atoms with Crippen LogP contribution in [0.3, 0.4) is 0 Å². The molecule has 32 heavy (non-hydrogen) atoms. The van der Waals surface area contributed by atoms with Gasteiger partial charge in [0.25, 0.3) is 0 Å². The van der Waals surface area contributed by atoms with Crippen LogP contribution in [0.1, 0.15) is 63.9 Å². The van der Waals surface area contributed by atoms with Crippen molar-refractivity contribution in [3.05, 3.63) is 141 Å². The summed E-state index contributed by atoms with van der Waals surface area (Å²) < 4.78 is 53.7. The quantitative estimate of drug-likeness (QED) is 0.283. The third-order valence-electron chi connectivity index (χ3n) is 5.29. The molecule has 0 radical (unpaired) electrons. The van der Waals surface area contributed by atoms with Gasteiger partial charge >= 0.3 is 0 Å². The second-order valence-corrected chi connectivity index (χ2v) is 8.64.